The number of benzene rings is 1. The van der Waals surface area contributed by atoms with Gasteiger partial charge in [-0.05, 0) is 38.9 Å². The molecule has 134 valence electrons. The molecule has 3 heterocycles. The van der Waals surface area contributed by atoms with Gasteiger partial charge in [0.1, 0.15) is 0 Å². The molecular formula is C19H22N6O. The summed E-state index contributed by atoms with van der Waals surface area (Å²) in [6.07, 6.45) is 5.68. The van der Waals surface area contributed by atoms with Crippen LogP contribution in [0.4, 0.5) is 0 Å². The monoisotopic (exact) mass is 350 g/mol. The second-order valence-corrected chi connectivity index (χ2v) is 6.69. The lowest BCUT2D eigenvalue weighted by atomic mass is 10.1. The molecule has 0 spiro atoms. The van der Waals surface area contributed by atoms with Crippen molar-refractivity contribution >= 4 is 16.7 Å². The predicted molar refractivity (Wildman–Crippen MR) is 99.4 cm³/mol. The Kier molecular flexibility index (Phi) is 4.38. The lowest BCUT2D eigenvalue weighted by Crippen LogP contribution is -2.47. The van der Waals surface area contributed by atoms with Crippen LogP contribution in [0.5, 0.6) is 0 Å². The van der Waals surface area contributed by atoms with Gasteiger partial charge in [0.2, 0.25) is 0 Å². The molecular weight excluding hydrogens is 328 g/mol. The second-order valence-electron chi connectivity index (χ2n) is 6.69. The Balaban J connectivity index is 1.69. The Hall–Kier alpha value is -2.80. The number of amides is 1. The number of likely N-dealkylation sites (N-methyl/N-ethyl adjacent to an activating group) is 1. The summed E-state index contributed by atoms with van der Waals surface area (Å²) in [6, 6.07) is 8.25. The summed E-state index contributed by atoms with van der Waals surface area (Å²) in [5.41, 5.74) is 2.08. The number of rotatable bonds is 3. The van der Waals surface area contributed by atoms with Crippen molar-refractivity contribution in [2.45, 2.75) is 25.8 Å². The van der Waals surface area contributed by atoms with E-state index in [0.29, 0.717) is 18.3 Å². The molecule has 0 bridgehead atoms. The third-order valence-electron chi connectivity index (χ3n) is 5.10. The van der Waals surface area contributed by atoms with Crippen LogP contribution in [0.3, 0.4) is 0 Å². The highest BCUT2D eigenvalue weighted by Crippen LogP contribution is 2.23. The quantitative estimate of drug-likeness (QED) is 0.781. The summed E-state index contributed by atoms with van der Waals surface area (Å²) in [5.74, 6) is -0.0457. The van der Waals surface area contributed by atoms with Gasteiger partial charge >= 0.3 is 0 Å². The second kappa shape index (κ2) is 6.84. The standard InChI is InChI=1S/C19H22N6O/c1-13-18(19(26)24-10-4-6-15(12-24)20-2)22-23-25(13)17-7-3-5-14-11-21-9-8-16(14)17/h3,5,7-9,11,15,20H,4,6,10,12H2,1-2H3. The fraction of sp³-hybridized carbons (Fsp3) is 0.368. The maximum absolute atomic E-state index is 13.0. The number of piperidine rings is 1. The first-order chi connectivity index (χ1) is 12.7. The molecule has 2 aromatic heterocycles. The average molecular weight is 350 g/mol. The van der Waals surface area contributed by atoms with Crippen molar-refractivity contribution in [2.75, 3.05) is 20.1 Å². The van der Waals surface area contributed by atoms with Crippen molar-refractivity contribution in [1.82, 2.24) is 30.2 Å². The van der Waals surface area contributed by atoms with Gasteiger partial charge in [0.05, 0.1) is 11.4 Å². The largest absolute Gasteiger partial charge is 0.336 e. The van der Waals surface area contributed by atoms with E-state index >= 15 is 0 Å². The molecule has 1 fully saturated rings. The molecule has 7 nitrogen and oxygen atoms in total. The highest BCUT2D eigenvalue weighted by molar-refractivity contribution is 5.94. The van der Waals surface area contributed by atoms with Gasteiger partial charge in [-0.1, -0.05) is 17.3 Å². The maximum atomic E-state index is 13.0. The highest BCUT2D eigenvalue weighted by atomic mass is 16.2. The van der Waals surface area contributed by atoms with Crippen molar-refractivity contribution in [2.24, 2.45) is 0 Å². The van der Waals surface area contributed by atoms with Gasteiger partial charge in [0.25, 0.3) is 5.91 Å². The van der Waals surface area contributed by atoms with Crippen molar-refractivity contribution < 1.29 is 4.79 Å². The number of pyridine rings is 1. The van der Waals surface area contributed by atoms with Gasteiger partial charge in [-0.2, -0.15) is 0 Å². The van der Waals surface area contributed by atoms with E-state index in [1.54, 1.807) is 10.9 Å². The van der Waals surface area contributed by atoms with Gasteiger partial charge < -0.3 is 10.2 Å². The Bertz CT molecular complexity index is 945. The maximum Gasteiger partial charge on any atom is 0.276 e. The van der Waals surface area contributed by atoms with E-state index in [9.17, 15) is 4.79 Å². The van der Waals surface area contributed by atoms with E-state index in [2.05, 4.69) is 20.6 Å². The molecule has 4 rings (SSSR count). The number of likely N-dealkylation sites (tertiary alicyclic amines) is 1. The van der Waals surface area contributed by atoms with Gasteiger partial charge in [0.15, 0.2) is 5.69 Å². The van der Waals surface area contributed by atoms with Crippen LogP contribution in [0.15, 0.2) is 36.7 Å². The molecule has 3 aromatic rings. The molecule has 7 heteroatoms. The molecule has 26 heavy (non-hydrogen) atoms. The summed E-state index contributed by atoms with van der Waals surface area (Å²) >= 11 is 0. The van der Waals surface area contributed by atoms with Crippen LogP contribution in [-0.4, -0.2) is 57.0 Å². The van der Waals surface area contributed by atoms with E-state index in [-0.39, 0.29) is 5.91 Å². The first-order valence-electron chi connectivity index (χ1n) is 8.91. The molecule has 1 aromatic carbocycles. The van der Waals surface area contributed by atoms with Gasteiger partial charge in [0, 0.05) is 42.3 Å². The number of fused-ring (bicyclic) bond motifs is 1. The molecule has 1 aliphatic heterocycles. The van der Waals surface area contributed by atoms with Crippen LogP contribution >= 0.6 is 0 Å². The Morgan fingerprint density at radius 3 is 3.04 bits per heavy atom. The molecule has 0 saturated carbocycles. The van der Waals surface area contributed by atoms with Gasteiger partial charge in [-0.15, -0.1) is 5.10 Å². The zero-order chi connectivity index (χ0) is 18.1. The van der Waals surface area contributed by atoms with Crippen LogP contribution in [0.25, 0.3) is 16.5 Å². The molecule has 1 atom stereocenters. The van der Waals surface area contributed by atoms with E-state index < -0.39 is 0 Å². The van der Waals surface area contributed by atoms with Crippen LogP contribution in [0.1, 0.15) is 29.0 Å². The van der Waals surface area contributed by atoms with Crippen LogP contribution in [0.2, 0.25) is 0 Å². The summed E-state index contributed by atoms with van der Waals surface area (Å²) < 4.78 is 1.75. The van der Waals surface area contributed by atoms with E-state index in [1.165, 1.54) is 0 Å². The Morgan fingerprint density at radius 1 is 1.31 bits per heavy atom. The van der Waals surface area contributed by atoms with Crippen molar-refractivity contribution in [3.63, 3.8) is 0 Å². The predicted octanol–water partition coefficient (Wildman–Crippen LogP) is 1.95. The third-order valence-corrected chi connectivity index (χ3v) is 5.10. The number of carbonyl (C=O) groups is 1. The van der Waals surface area contributed by atoms with Crippen LogP contribution < -0.4 is 5.32 Å². The number of hydrogen-bond donors (Lipinski definition) is 1. The normalized spacial score (nSPS) is 17.6. The molecule has 1 amide bonds. The third kappa shape index (κ3) is 2.84. The van der Waals surface area contributed by atoms with Crippen molar-refractivity contribution in [1.29, 1.82) is 0 Å². The first kappa shape index (κ1) is 16.7. The zero-order valence-corrected chi connectivity index (χ0v) is 15.0. The number of aromatic nitrogens is 4. The van der Waals surface area contributed by atoms with Gasteiger partial charge in [-0.3, -0.25) is 9.78 Å². The first-order valence-corrected chi connectivity index (χ1v) is 8.91. The fourth-order valence-corrected chi connectivity index (χ4v) is 3.59. The van der Waals surface area contributed by atoms with Crippen LogP contribution in [-0.2, 0) is 0 Å². The minimum atomic E-state index is -0.0457. The number of hydrogen-bond acceptors (Lipinski definition) is 5. The van der Waals surface area contributed by atoms with E-state index in [0.717, 1.165) is 41.5 Å². The zero-order valence-electron chi connectivity index (χ0n) is 15.0. The molecule has 0 aliphatic carbocycles. The number of nitrogens with one attached hydrogen (secondary N) is 1. The Labute approximate surface area is 152 Å². The SMILES string of the molecule is CNC1CCCN(C(=O)c2nnn(-c3cccc4cnccc34)c2C)C1. The molecule has 1 unspecified atom stereocenters. The lowest BCUT2D eigenvalue weighted by molar-refractivity contribution is 0.0691. The summed E-state index contributed by atoms with van der Waals surface area (Å²) in [7, 11) is 1.94. The molecule has 0 radical (unpaired) electrons. The van der Waals surface area contributed by atoms with Gasteiger partial charge in [-0.25, -0.2) is 4.68 Å². The smallest absolute Gasteiger partial charge is 0.276 e. The summed E-state index contributed by atoms with van der Waals surface area (Å²) in [6.45, 7) is 3.37. The highest BCUT2D eigenvalue weighted by Gasteiger charge is 2.27. The molecule has 1 saturated heterocycles. The topological polar surface area (TPSA) is 75.9 Å². The minimum Gasteiger partial charge on any atom is -0.336 e. The van der Waals surface area contributed by atoms with E-state index in [4.69, 9.17) is 0 Å². The minimum absolute atomic E-state index is 0.0457. The van der Waals surface area contributed by atoms with Crippen LogP contribution in [0, 0.1) is 6.92 Å². The Morgan fingerprint density at radius 2 is 2.19 bits per heavy atom. The van der Waals surface area contributed by atoms with E-state index in [1.807, 2.05) is 49.3 Å². The van der Waals surface area contributed by atoms with Crippen molar-refractivity contribution in [3.05, 3.63) is 48.0 Å². The number of carbonyl (C=O) groups excluding carboxylic acids is 1. The molecule has 1 aliphatic rings. The summed E-state index contributed by atoms with van der Waals surface area (Å²) in [5, 5.41) is 13.8. The fourth-order valence-electron chi connectivity index (χ4n) is 3.59. The van der Waals surface area contributed by atoms with Crippen molar-refractivity contribution in [3.8, 4) is 5.69 Å². The average Bonchev–Trinajstić information content (AvgIpc) is 3.08. The molecule has 1 N–H and O–H groups in total. The number of nitrogens with zero attached hydrogens (tertiary/aromatic N) is 5. The summed E-state index contributed by atoms with van der Waals surface area (Å²) in [4.78, 5) is 19.0. The lowest BCUT2D eigenvalue weighted by Gasteiger charge is -2.32.